The molecule has 0 aliphatic heterocycles. The molecule has 4 nitrogen and oxygen atoms in total. The Morgan fingerprint density at radius 1 is 1.24 bits per heavy atom. The standard InChI is InChI=1S/C25H21F4N3O/c1-3-21(27)19-10-16(26)8-15(12-30)18(19)9-14-4-5-17(23-13(2)31-6-7-32-23)22-20(14)11-25(28,29)24(22)33/h4-8,10,21,24,33H,3,9,11H2,1-2H3. The molecule has 0 saturated carbocycles. The van der Waals surface area contributed by atoms with Gasteiger partial charge in [-0.1, -0.05) is 19.1 Å². The number of aryl methyl sites for hydroxylation is 1. The van der Waals surface area contributed by atoms with Gasteiger partial charge in [0.1, 0.15) is 18.1 Å². The Morgan fingerprint density at radius 2 is 1.97 bits per heavy atom. The van der Waals surface area contributed by atoms with Gasteiger partial charge in [-0.15, -0.1) is 0 Å². The van der Waals surface area contributed by atoms with Gasteiger partial charge in [-0.05, 0) is 59.7 Å². The van der Waals surface area contributed by atoms with Gasteiger partial charge in [0, 0.05) is 24.4 Å². The van der Waals surface area contributed by atoms with E-state index in [1.165, 1.54) is 12.4 Å². The van der Waals surface area contributed by atoms with Gasteiger partial charge in [0.2, 0.25) is 0 Å². The molecule has 2 aromatic carbocycles. The number of hydrogen-bond donors (Lipinski definition) is 1. The normalized spacial score (nSPS) is 17.5. The van der Waals surface area contributed by atoms with E-state index in [2.05, 4.69) is 9.97 Å². The summed E-state index contributed by atoms with van der Waals surface area (Å²) in [5, 5.41) is 20.0. The predicted octanol–water partition coefficient (Wildman–Crippen LogP) is 5.70. The molecule has 1 N–H and O–H groups in total. The van der Waals surface area contributed by atoms with Crippen molar-refractivity contribution in [3.8, 4) is 17.3 Å². The first-order chi connectivity index (χ1) is 15.7. The number of rotatable bonds is 5. The fourth-order valence-corrected chi connectivity index (χ4v) is 4.46. The van der Waals surface area contributed by atoms with Crippen molar-refractivity contribution in [2.45, 2.75) is 51.3 Å². The van der Waals surface area contributed by atoms with E-state index in [9.17, 15) is 27.9 Å². The maximum Gasteiger partial charge on any atom is 0.281 e. The van der Waals surface area contributed by atoms with E-state index in [0.29, 0.717) is 22.5 Å². The number of fused-ring (bicyclic) bond motifs is 1. The molecule has 1 aliphatic carbocycles. The lowest BCUT2D eigenvalue weighted by Gasteiger charge is -2.18. The van der Waals surface area contributed by atoms with Gasteiger partial charge in [0.25, 0.3) is 5.92 Å². The second kappa shape index (κ2) is 8.56. The van der Waals surface area contributed by atoms with Crippen molar-refractivity contribution < 1.29 is 22.7 Å². The highest BCUT2D eigenvalue weighted by Crippen LogP contribution is 2.49. The fraction of sp³-hybridized carbons (Fsp3) is 0.320. The minimum absolute atomic E-state index is 0.0296. The molecule has 1 aliphatic rings. The molecule has 0 fully saturated rings. The van der Waals surface area contributed by atoms with Crippen LogP contribution in [0, 0.1) is 24.1 Å². The minimum Gasteiger partial charge on any atom is -0.382 e. The average Bonchev–Trinajstić information content (AvgIpc) is 3.04. The van der Waals surface area contributed by atoms with Crippen LogP contribution in [0.2, 0.25) is 0 Å². The minimum atomic E-state index is -3.40. The largest absolute Gasteiger partial charge is 0.382 e. The zero-order valence-corrected chi connectivity index (χ0v) is 18.0. The summed E-state index contributed by atoms with van der Waals surface area (Å²) < 4.78 is 58.0. The third-order valence-corrected chi connectivity index (χ3v) is 6.11. The Kier molecular flexibility index (Phi) is 5.93. The number of nitrogens with zero attached hydrogens (tertiary/aromatic N) is 3. The van der Waals surface area contributed by atoms with Gasteiger partial charge in [-0.3, -0.25) is 9.97 Å². The van der Waals surface area contributed by atoms with Crippen molar-refractivity contribution in [2.24, 2.45) is 0 Å². The Balaban J connectivity index is 1.91. The third-order valence-electron chi connectivity index (χ3n) is 6.11. The van der Waals surface area contributed by atoms with E-state index in [-0.39, 0.29) is 40.7 Å². The maximum atomic E-state index is 14.7. The van der Waals surface area contributed by atoms with Crippen LogP contribution in [0.4, 0.5) is 17.6 Å². The zero-order chi connectivity index (χ0) is 23.9. The molecule has 8 heteroatoms. The van der Waals surface area contributed by atoms with Gasteiger partial charge < -0.3 is 5.11 Å². The average molecular weight is 455 g/mol. The molecule has 0 spiro atoms. The van der Waals surface area contributed by atoms with E-state index < -0.39 is 30.4 Å². The van der Waals surface area contributed by atoms with Crippen molar-refractivity contribution >= 4 is 0 Å². The van der Waals surface area contributed by atoms with Crippen LogP contribution in [0.25, 0.3) is 11.3 Å². The predicted molar refractivity (Wildman–Crippen MR) is 114 cm³/mol. The van der Waals surface area contributed by atoms with Crippen molar-refractivity contribution in [3.63, 3.8) is 0 Å². The van der Waals surface area contributed by atoms with Gasteiger partial charge in [-0.2, -0.15) is 5.26 Å². The van der Waals surface area contributed by atoms with E-state index in [1.54, 1.807) is 26.0 Å². The smallest absolute Gasteiger partial charge is 0.281 e. The molecule has 0 radical (unpaired) electrons. The van der Waals surface area contributed by atoms with Crippen molar-refractivity contribution in [3.05, 3.63) is 81.6 Å². The summed E-state index contributed by atoms with van der Waals surface area (Å²) in [5.41, 5.74) is 2.17. The topological polar surface area (TPSA) is 69.8 Å². The van der Waals surface area contributed by atoms with Crippen LogP contribution in [0.15, 0.2) is 36.7 Å². The Morgan fingerprint density at radius 3 is 2.64 bits per heavy atom. The summed E-state index contributed by atoms with van der Waals surface area (Å²) in [6.45, 7) is 3.29. The number of halogens is 4. The molecule has 33 heavy (non-hydrogen) atoms. The number of aliphatic hydroxyl groups excluding tert-OH is 1. The Labute approximate surface area is 188 Å². The molecule has 0 saturated heterocycles. The van der Waals surface area contributed by atoms with E-state index >= 15 is 0 Å². The van der Waals surface area contributed by atoms with Crippen LogP contribution in [-0.2, 0) is 12.8 Å². The van der Waals surface area contributed by atoms with Crippen molar-refractivity contribution in [1.29, 1.82) is 5.26 Å². The molecule has 170 valence electrons. The SMILES string of the molecule is CCC(F)c1cc(F)cc(C#N)c1Cc1ccc(-c2nccnc2C)c2c1CC(F)(F)C2O. The van der Waals surface area contributed by atoms with E-state index in [1.807, 2.05) is 6.07 Å². The summed E-state index contributed by atoms with van der Waals surface area (Å²) in [5.74, 6) is -4.14. The first kappa shape index (κ1) is 22.9. The number of aromatic nitrogens is 2. The van der Waals surface area contributed by atoms with Crippen LogP contribution in [0.1, 0.15) is 64.7 Å². The van der Waals surface area contributed by atoms with Gasteiger partial charge in [-0.25, -0.2) is 17.6 Å². The molecule has 4 rings (SSSR count). The number of alkyl halides is 3. The summed E-state index contributed by atoms with van der Waals surface area (Å²) in [7, 11) is 0. The lowest BCUT2D eigenvalue weighted by atomic mass is 9.87. The zero-order valence-electron chi connectivity index (χ0n) is 18.0. The first-order valence-electron chi connectivity index (χ1n) is 10.5. The molecular formula is C25H21F4N3O. The molecule has 0 amide bonds. The fourth-order valence-electron chi connectivity index (χ4n) is 4.46. The first-order valence-corrected chi connectivity index (χ1v) is 10.5. The quantitative estimate of drug-likeness (QED) is 0.501. The van der Waals surface area contributed by atoms with Crippen LogP contribution in [0.5, 0.6) is 0 Å². The Hall–Kier alpha value is -3.31. The molecule has 2 unspecified atom stereocenters. The highest BCUT2D eigenvalue weighted by atomic mass is 19.3. The lowest BCUT2D eigenvalue weighted by Crippen LogP contribution is -2.21. The van der Waals surface area contributed by atoms with Crippen molar-refractivity contribution in [2.75, 3.05) is 0 Å². The van der Waals surface area contributed by atoms with Crippen LogP contribution < -0.4 is 0 Å². The molecule has 0 bridgehead atoms. The molecule has 2 atom stereocenters. The monoisotopic (exact) mass is 455 g/mol. The number of nitriles is 1. The summed E-state index contributed by atoms with van der Waals surface area (Å²) in [6, 6.07) is 7.15. The molecule has 3 aromatic rings. The number of hydrogen-bond acceptors (Lipinski definition) is 4. The summed E-state index contributed by atoms with van der Waals surface area (Å²) in [6.07, 6.45) is -1.32. The highest BCUT2D eigenvalue weighted by molar-refractivity contribution is 5.71. The van der Waals surface area contributed by atoms with Gasteiger partial charge in [0.05, 0.1) is 23.0 Å². The van der Waals surface area contributed by atoms with Gasteiger partial charge in [0.15, 0.2) is 0 Å². The Bertz CT molecular complexity index is 1270. The molecule has 1 aromatic heterocycles. The van der Waals surface area contributed by atoms with E-state index in [4.69, 9.17) is 0 Å². The molecular weight excluding hydrogens is 434 g/mol. The van der Waals surface area contributed by atoms with Gasteiger partial charge >= 0.3 is 0 Å². The second-order valence-corrected chi connectivity index (χ2v) is 8.18. The number of benzene rings is 2. The van der Waals surface area contributed by atoms with Crippen LogP contribution in [0.3, 0.4) is 0 Å². The maximum absolute atomic E-state index is 14.7. The third kappa shape index (κ3) is 3.98. The van der Waals surface area contributed by atoms with Crippen LogP contribution in [-0.4, -0.2) is 21.0 Å². The van der Waals surface area contributed by atoms with E-state index in [0.717, 1.165) is 12.1 Å². The van der Waals surface area contributed by atoms with Crippen molar-refractivity contribution in [1.82, 2.24) is 9.97 Å². The highest BCUT2D eigenvalue weighted by Gasteiger charge is 2.49. The van der Waals surface area contributed by atoms with Crippen LogP contribution >= 0.6 is 0 Å². The molecule has 1 heterocycles. The second-order valence-electron chi connectivity index (χ2n) is 8.18. The summed E-state index contributed by atoms with van der Waals surface area (Å²) in [4.78, 5) is 8.41. The number of aliphatic hydroxyl groups is 1. The summed E-state index contributed by atoms with van der Waals surface area (Å²) >= 11 is 0. The lowest BCUT2D eigenvalue weighted by molar-refractivity contribution is -0.0966.